The fourth-order valence-electron chi connectivity index (χ4n) is 2.38. The normalized spacial score (nSPS) is 18.2. The summed E-state index contributed by atoms with van der Waals surface area (Å²) in [6, 6.07) is 7.98. The molecule has 0 spiro atoms. The topological polar surface area (TPSA) is 21.3 Å². The van der Waals surface area contributed by atoms with E-state index in [1.165, 1.54) is 25.7 Å². The van der Waals surface area contributed by atoms with Crippen molar-refractivity contribution in [3.63, 3.8) is 0 Å². The first-order valence-corrected chi connectivity index (χ1v) is 7.11. The summed E-state index contributed by atoms with van der Waals surface area (Å²) in [6.07, 6.45) is 5.31. The van der Waals surface area contributed by atoms with Crippen molar-refractivity contribution in [1.29, 1.82) is 0 Å². The van der Waals surface area contributed by atoms with Gasteiger partial charge in [0, 0.05) is 16.6 Å². The van der Waals surface area contributed by atoms with E-state index in [9.17, 15) is 0 Å². The maximum atomic E-state index is 5.68. The van der Waals surface area contributed by atoms with E-state index in [0.29, 0.717) is 5.54 Å². The number of nitrogens with one attached hydrogen (secondary N) is 1. The van der Waals surface area contributed by atoms with Gasteiger partial charge < -0.3 is 10.1 Å². The lowest BCUT2D eigenvalue weighted by atomic mass is 10.0. The van der Waals surface area contributed by atoms with Crippen molar-refractivity contribution >= 4 is 15.9 Å². The Balaban J connectivity index is 1.67. The summed E-state index contributed by atoms with van der Waals surface area (Å²) in [5.41, 5.74) is 0.350. The molecule has 0 radical (unpaired) electrons. The maximum Gasteiger partial charge on any atom is 0.119 e. The van der Waals surface area contributed by atoms with E-state index >= 15 is 0 Å². The molecule has 94 valence electrons. The summed E-state index contributed by atoms with van der Waals surface area (Å²) >= 11 is 3.41. The van der Waals surface area contributed by atoms with E-state index < -0.39 is 0 Å². The molecule has 0 unspecified atom stereocenters. The first-order valence-electron chi connectivity index (χ1n) is 6.31. The van der Waals surface area contributed by atoms with Gasteiger partial charge in [0.2, 0.25) is 0 Å². The van der Waals surface area contributed by atoms with E-state index in [-0.39, 0.29) is 0 Å². The van der Waals surface area contributed by atoms with Gasteiger partial charge in [-0.25, -0.2) is 0 Å². The third-order valence-corrected chi connectivity index (χ3v) is 3.97. The second-order valence-corrected chi connectivity index (χ2v) is 5.91. The minimum Gasteiger partial charge on any atom is -0.492 e. The molecular formula is C14H20BrNO. The van der Waals surface area contributed by atoms with Crippen LogP contribution in [0.15, 0.2) is 28.7 Å². The van der Waals surface area contributed by atoms with Gasteiger partial charge in [-0.1, -0.05) is 28.8 Å². The van der Waals surface area contributed by atoms with E-state index in [4.69, 9.17) is 4.74 Å². The first-order chi connectivity index (χ1) is 8.18. The van der Waals surface area contributed by atoms with Crippen molar-refractivity contribution in [1.82, 2.24) is 5.32 Å². The monoisotopic (exact) mass is 297 g/mol. The fourth-order valence-corrected chi connectivity index (χ4v) is 2.65. The number of halogens is 1. The molecule has 0 heterocycles. The Kier molecular flexibility index (Phi) is 4.46. The molecule has 0 saturated heterocycles. The number of hydrogen-bond acceptors (Lipinski definition) is 2. The Bertz CT molecular complexity index is 344. The van der Waals surface area contributed by atoms with Gasteiger partial charge in [-0.3, -0.25) is 0 Å². The Hall–Kier alpha value is -0.540. The minimum absolute atomic E-state index is 0.350. The summed E-state index contributed by atoms with van der Waals surface area (Å²) in [5.74, 6) is 0.937. The van der Waals surface area contributed by atoms with Gasteiger partial charge >= 0.3 is 0 Å². The molecular weight excluding hydrogens is 278 g/mol. The van der Waals surface area contributed by atoms with Gasteiger partial charge in [0.05, 0.1) is 0 Å². The van der Waals surface area contributed by atoms with Crippen molar-refractivity contribution in [2.24, 2.45) is 0 Å². The molecule has 0 aliphatic heterocycles. The van der Waals surface area contributed by atoms with Crippen LogP contribution in [0.2, 0.25) is 0 Å². The standard InChI is InChI=1S/C14H20BrNO/c1-14(8-2-3-9-14)16-10-11-17-13-6-4-12(15)5-7-13/h4-7,16H,2-3,8-11H2,1H3. The highest BCUT2D eigenvalue weighted by atomic mass is 79.9. The lowest BCUT2D eigenvalue weighted by Crippen LogP contribution is -2.41. The van der Waals surface area contributed by atoms with Crippen LogP contribution in [0.25, 0.3) is 0 Å². The average molecular weight is 298 g/mol. The molecule has 1 aliphatic carbocycles. The van der Waals surface area contributed by atoms with Gasteiger partial charge in [0.15, 0.2) is 0 Å². The zero-order chi connectivity index (χ0) is 12.1. The van der Waals surface area contributed by atoms with Crippen LogP contribution in [0.4, 0.5) is 0 Å². The summed E-state index contributed by atoms with van der Waals surface area (Å²) in [5, 5.41) is 3.61. The minimum atomic E-state index is 0.350. The summed E-state index contributed by atoms with van der Waals surface area (Å²) in [6.45, 7) is 3.98. The molecule has 0 atom stereocenters. The smallest absolute Gasteiger partial charge is 0.119 e. The zero-order valence-electron chi connectivity index (χ0n) is 10.3. The maximum absolute atomic E-state index is 5.68. The molecule has 2 rings (SSSR count). The molecule has 1 aliphatic rings. The largest absolute Gasteiger partial charge is 0.492 e. The van der Waals surface area contributed by atoms with Gasteiger partial charge in [-0.2, -0.15) is 0 Å². The number of hydrogen-bond donors (Lipinski definition) is 1. The summed E-state index contributed by atoms with van der Waals surface area (Å²) < 4.78 is 6.77. The fraction of sp³-hybridized carbons (Fsp3) is 0.571. The second-order valence-electron chi connectivity index (χ2n) is 5.00. The number of benzene rings is 1. The average Bonchev–Trinajstić information content (AvgIpc) is 2.74. The third kappa shape index (κ3) is 4.00. The van der Waals surface area contributed by atoms with E-state index in [1.807, 2.05) is 24.3 Å². The summed E-state index contributed by atoms with van der Waals surface area (Å²) in [4.78, 5) is 0. The van der Waals surface area contributed by atoms with Crippen LogP contribution in [-0.4, -0.2) is 18.7 Å². The Morgan fingerprint density at radius 2 is 1.88 bits per heavy atom. The molecule has 17 heavy (non-hydrogen) atoms. The van der Waals surface area contributed by atoms with Crippen molar-refractivity contribution in [2.75, 3.05) is 13.2 Å². The highest BCUT2D eigenvalue weighted by Gasteiger charge is 2.27. The highest BCUT2D eigenvalue weighted by Crippen LogP contribution is 2.28. The van der Waals surface area contributed by atoms with E-state index in [2.05, 4.69) is 28.2 Å². The summed E-state index contributed by atoms with van der Waals surface area (Å²) in [7, 11) is 0. The molecule has 2 nitrogen and oxygen atoms in total. The number of ether oxygens (including phenoxy) is 1. The van der Waals surface area contributed by atoms with E-state index in [1.54, 1.807) is 0 Å². The van der Waals surface area contributed by atoms with Gasteiger partial charge in [0.25, 0.3) is 0 Å². The molecule has 1 aromatic carbocycles. The Morgan fingerprint density at radius 3 is 2.53 bits per heavy atom. The lowest BCUT2D eigenvalue weighted by Gasteiger charge is -2.25. The number of rotatable bonds is 5. The van der Waals surface area contributed by atoms with Crippen molar-refractivity contribution in [3.8, 4) is 5.75 Å². The SMILES string of the molecule is CC1(NCCOc2ccc(Br)cc2)CCCC1. The molecule has 0 aromatic heterocycles. The first kappa shape index (κ1) is 12.9. The third-order valence-electron chi connectivity index (χ3n) is 3.44. The van der Waals surface area contributed by atoms with Crippen molar-refractivity contribution < 1.29 is 4.74 Å². The van der Waals surface area contributed by atoms with Crippen molar-refractivity contribution in [3.05, 3.63) is 28.7 Å². The van der Waals surface area contributed by atoms with Crippen LogP contribution in [-0.2, 0) is 0 Å². The van der Waals surface area contributed by atoms with Gasteiger partial charge in [-0.15, -0.1) is 0 Å². The quantitative estimate of drug-likeness (QED) is 0.836. The molecule has 0 amide bonds. The van der Waals surface area contributed by atoms with Crippen LogP contribution in [0, 0.1) is 0 Å². The molecule has 1 aromatic rings. The predicted octanol–water partition coefficient (Wildman–Crippen LogP) is 3.75. The van der Waals surface area contributed by atoms with E-state index in [0.717, 1.165) is 23.4 Å². The zero-order valence-corrected chi connectivity index (χ0v) is 11.9. The lowest BCUT2D eigenvalue weighted by molar-refractivity contribution is 0.277. The van der Waals surface area contributed by atoms with Crippen molar-refractivity contribution in [2.45, 2.75) is 38.1 Å². The van der Waals surface area contributed by atoms with Crippen LogP contribution < -0.4 is 10.1 Å². The molecule has 3 heteroatoms. The Labute approximate surface area is 112 Å². The van der Waals surface area contributed by atoms with Gasteiger partial charge in [0.1, 0.15) is 12.4 Å². The van der Waals surface area contributed by atoms with Crippen LogP contribution >= 0.6 is 15.9 Å². The second kappa shape index (κ2) is 5.87. The molecule has 1 fully saturated rings. The predicted molar refractivity (Wildman–Crippen MR) is 74.5 cm³/mol. The molecule has 0 bridgehead atoms. The molecule has 1 saturated carbocycles. The van der Waals surface area contributed by atoms with Crippen LogP contribution in [0.3, 0.4) is 0 Å². The van der Waals surface area contributed by atoms with Crippen LogP contribution in [0.1, 0.15) is 32.6 Å². The van der Waals surface area contributed by atoms with Crippen LogP contribution in [0.5, 0.6) is 5.75 Å². The highest BCUT2D eigenvalue weighted by molar-refractivity contribution is 9.10. The van der Waals surface area contributed by atoms with Gasteiger partial charge in [-0.05, 0) is 44.0 Å². The molecule has 1 N–H and O–H groups in total. The Morgan fingerprint density at radius 1 is 1.24 bits per heavy atom.